The maximum atomic E-state index is 10.1. The van der Waals surface area contributed by atoms with Gasteiger partial charge in [0.15, 0.2) is 0 Å². The molecule has 4 unspecified atom stereocenters. The SMILES string of the molecule is CCC(O)CN1CCCCC1C1CCCC1O. The molecular formula is C14H27NO2. The van der Waals surface area contributed by atoms with Gasteiger partial charge in [-0.2, -0.15) is 0 Å². The van der Waals surface area contributed by atoms with Gasteiger partial charge in [-0.25, -0.2) is 0 Å². The van der Waals surface area contributed by atoms with Crippen LogP contribution in [0.1, 0.15) is 51.9 Å². The summed E-state index contributed by atoms with van der Waals surface area (Å²) in [6, 6.07) is 0.516. The number of hydrogen-bond donors (Lipinski definition) is 2. The smallest absolute Gasteiger partial charge is 0.0664 e. The summed E-state index contributed by atoms with van der Waals surface area (Å²) in [5, 5.41) is 19.9. The number of β-amino-alcohol motifs (C(OH)–C–C–N with tert-alkyl or cyclic N) is 1. The van der Waals surface area contributed by atoms with Gasteiger partial charge in [0.05, 0.1) is 12.2 Å². The summed E-state index contributed by atoms with van der Waals surface area (Å²) >= 11 is 0. The summed E-state index contributed by atoms with van der Waals surface area (Å²) in [6.07, 6.45) is 7.59. The Labute approximate surface area is 105 Å². The van der Waals surface area contributed by atoms with Gasteiger partial charge in [0.2, 0.25) is 0 Å². The van der Waals surface area contributed by atoms with Gasteiger partial charge in [-0.3, -0.25) is 4.90 Å². The van der Waals surface area contributed by atoms with Gasteiger partial charge in [0, 0.05) is 18.5 Å². The second kappa shape index (κ2) is 6.17. The Balaban J connectivity index is 1.96. The monoisotopic (exact) mass is 241 g/mol. The number of hydrogen-bond acceptors (Lipinski definition) is 3. The normalized spacial score (nSPS) is 37.2. The molecule has 1 saturated carbocycles. The molecule has 100 valence electrons. The van der Waals surface area contributed by atoms with E-state index < -0.39 is 0 Å². The van der Waals surface area contributed by atoms with Crippen molar-refractivity contribution in [3.05, 3.63) is 0 Å². The van der Waals surface area contributed by atoms with Gasteiger partial charge in [0.1, 0.15) is 0 Å². The third-order valence-electron chi connectivity index (χ3n) is 4.61. The molecule has 0 spiro atoms. The number of aliphatic hydroxyl groups is 2. The molecule has 1 saturated heterocycles. The minimum absolute atomic E-state index is 0.0978. The second-order valence-corrected chi connectivity index (χ2v) is 5.78. The lowest BCUT2D eigenvalue weighted by atomic mass is 9.87. The fourth-order valence-electron chi connectivity index (χ4n) is 3.55. The molecule has 2 rings (SSSR count). The van der Waals surface area contributed by atoms with E-state index in [9.17, 15) is 10.2 Å². The lowest BCUT2D eigenvalue weighted by molar-refractivity contribution is 0.00889. The first kappa shape index (κ1) is 13.3. The van der Waals surface area contributed by atoms with Gasteiger partial charge in [0.25, 0.3) is 0 Å². The highest BCUT2D eigenvalue weighted by Gasteiger charge is 2.37. The summed E-state index contributed by atoms with van der Waals surface area (Å²) in [5.74, 6) is 0.458. The van der Waals surface area contributed by atoms with Crippen molar-refractivity contribution in [3.8, 4) is 0 Å². The Kier molecular flexibility index (Phi) is 4.83. The number of rotatable bonds is 4. The number of nitrogens with zero attached hydrogens (tertiary/aromatic N) is 1. The molecule has 1 aliphatic heterocycles. The van der Waals surface area contributed by atoms with E-state index in [1.807, 2.05) is 6.92 Å². The zero-order valence-electron chi connectivity index (χ0n) is 11.0. The predicted octanol–water partition coefficient (Wildman–Crippen LogP) is 1.77. The molecule has 2 N–H and O–H groups in total. The number of likely N-dealkylation sites (tertiary alicyclic amines) is 1. The zero-order valence-corrected chi connectivity index (χ0v) is 11.0. The highest BCUT2D eigenvalue weighted by atomic mass is 16.3. The van der Waals surface area contributed by atoms with Crippen molar-refractivity contribution < 1.29 is 10.2 Å². The Bertz CT molecular complexity index is 234. The van der Waals surface area contributed by atoms with Crippen molar-refractivity contribution >= 4 is 0 Å². The molecule has 0 bridgehead atoms. The molecule has 0 amide bonds. The van der Waals surface area contributed by atoms with Gasteiger partial charge >= 0.3 is 0 Å². The van der Waals surface area contributed by atoms with E-state index in [-0.39, 0.29) is 12.2 Å². The first-order valence-electron chi connectivity index (χ1n) is 7.32. The largest absolute Gasteiger partial charge is 0.393 e. The molecule has 2 aliphatic rings. The molecule has 2 fully saturated rings. The van der Waals surface area contributed by atoms with Crippen molar-refractivity contribution in [2.75, 3.05) is 13.1 Å². The van der Waals surface area contributed by atoms with E-state index in [2.05, 4.69) is 4.90 Å². The fourth-order valence-corrected chi connectivity index (χ4v) is 3.55. The van der Waals surface area contributed by atoms with Crippen LogP contribution in [0.4, 0.5) is 0 Å². The van der Waals surface area contributed by atoms with Crippen LogP contribution in [0.15, 0.2) is 0 Å². The highest BCUT2D eigenvalue weighted by molar-refractivity contribution is 4.90. The molecule has 4 atom stereocenters. The zero-order chi connectivity index (χ0) is 12.3. The van der Waals surface area contributed by atoms with E-state index in [1.165, 1.54) is 32.1 Å². The maximum absolute atomic E-state index is 10.1. The predicted molar refractivity (Wildman–Crippen MR) is 68.9 cm³/mol. The van der Waals surface area contributed by atoms with Crippen LogP contribution in [0, 0.1) is 5.92 Å². The average Bonchev–Trinajstić information content (AvgIpc) is 2.76. The number of piperidine rings is 1. The first-order valence-corrected chi connectivity index (χ1v) is 7.32. The standard InChI is InChI=1S/C14H27NO2/c1-2-11(16)10-15-9-4-3-7-13(15)12-6-5-8-14(12)17/h11-14,16-17H,2-10H2,1H3. The molecule has 0 radical (unpaired) electrons. The van der Waals surface area contributed by atoms with E-state index in [1.54, 1.807) is 0 Å². The first-order chi connectivity index (χ1) is 8.22. The van der Waals surface area contributed by atoms with Crippen LogP contribution in [-0.2, 0) is 0 Å². The van der Waals surface area contributed by atoms with Crippen LogP contribution in [0.5, 0.6) is 0 Å². The molecule has 1 heterocycles. The van der Waals surface area contributed by atoms with Crippen LogP contribution >= 0.6 is 0 Å². The number of aliphatic hydroxyl groups excluding tert-OH is 2. The molecule has 3 heteroatoms. The van der Waals surface area contributed by atoms with Gasteiger partial charge in [-0.15, -0.1) is 0 Å². The van der Waals surface area contributed by atoms with Gasteiger partial charge in [-0.05, 0) is 38.6 Å². The Morgan fingerprint density at radius 2 is 2.00 bits per heavy atom. The molecule has 17 heavy (non-hydrogen) atoms. The van der Waals surface area contributed by atoms with Crippen molar-refractivity contribution in [3.63, 3.8) is 0 Å². The fraction of sp³-hybridized carbons (Fsp3) is 1.00. The molecule has 0 aromatic heterocycles. The summed E-state index contributed by atoms with van der Waals surface area (Å²) in [5.41, 5.74) is 0. The van der Waals surface area contributed by atoms with Crippen LogP contribution in [-0.4, -0.2) is 46.5 Å². The topological polar surface area (TPSA) is 43.7 Å². The van der Waals surface area contributed by atoms with Gasteiger partial charge < -0.3 is 10.2 Å². The van der Waals surface area contributed by atoms with Crippen LogP contribution in [0.25, 0.3) is 0 Å². The van der Waals surface area contributed by atoms with E-state index >= 15 is 0 Å². The van der Waals surface area contributed by atoms with E-state index in [0.29, 0.717) is 12.0 Å². The minimum Gasteiger partial charge on any atom is -0.393 e. The molecular weight excluding hydrogens is 214 g/mol. The van der Waals surface area contributed by atoms with E-state index in [4.69, 9.17) is 0 Å². The van der Waals surface area contributed by atoms with Crippen LogP contribution in [0.2, 0.25) is 0 Å². The van der Waals surface area contributed by atoms with Gasteiger partial charge in [-0.1, -0.05) is 19.8 Å². The maximum Gasteiger partial charge on any atom is 0.0664 e. The highest BCUT2D eigenvalue weighted by Crippen LogP contribution is 2.35. The minimum atomic E-state index is -0.200. The summed E-state index contributed by atoms with van der Waals surface area (Å²) in [4.78, 5) is 2.44. The van der Waals surface area contributed by atoms with Crippen LogP contribution < -0.4 is 0 Å². The molecule has 0 aromatic carbocycles. The van der Waals surface area contributed by atoms with Crippen molar-refractivity contribution in [1.29, 1.82) is 0 Å². The Morgan fingerprint density at radius 3 is 2.65 bits per heavy atom. The summed E-state index contributed by atoms with van der Waals surface area (Å²) in [7, 11) is 0. The molecule has 3 nitrogen and oxygen atoms in total. The van der Waals surface area contributed by atoms with Crippen molar-refractivity contribution in [1.82, 2.24) is 4.90 Å². The summed E-state index contributed by atoms with van der Waals surface area (Å²) < 4.78 is 0. The molecule has 1 aliphatic carbocycles. The Morgan fingerprint density at radius 1 is 1.18 bits per heavy atom. The third-order valence-corrected chi connectivity index (χ3v) is 4.61. The average molecular weight is 241 g/mol. The second-order valence-electron chi connectivity index (χ2n) is 5.78. The lowest BCUT2D eigenvalue weighted by Crippen LogP contribution is -2.49. The Hall–Kier alpha value is -0.120. The third kappa shape index (κ3) is 3.21. The van der Waals surface area contributed by atoms with Crippen LogP contribution in [0.3, 0.4) is 0 Å². The van der Waals surface area contributed by atoms with Crippen molar-refractivity contribution in [2.24, 2.45) is 5.92 Å². The quantitative estimate of drug-likeness (QED) is 0.788. The lowest BCUT2D eigenvalue weighted by Gasteiger charge is -2.41. The molecule has 0 aromatic rings. The summed E-state index contributed by atoms with van der Waals surface area (Å²) in [6.45, 7) is 3.93. The van der Waals surface area contributed by atoms with Crippen molar-refractivity contribution in [2.45, 2.75) is 70.1 Å². The van der Waals surface area contributed by atoms with E-state index in [0.717, 1.165) is 25.9 Å².